The third kappa shape index (κ3) is 4.57. The Hall–Kier alpha value is -0.110. The molecule has 1 rings (SSSR count). The molecular weight excluding hydrogens is 238 g/mol. The highest BCUT2D eigenvalue weighted by molar-refractivity contribution is 7.87. The van der Waals surface area contributed by atoms with Crippen molar-refractivity contribution < 1.29 is 9.29 Å². The van der Waals surface area contributed by atoms with Gasteiger partial charge in [-0.25, -0.2) is 0 Å². The van der Waals surface area contributed by atoms with Crippen molar-refractivity contribution in [1.29, 1.82) is 0 Å². The van der Waals surface area contributed by atoms with E-state index in [-0.39, 0.29) is 24.2 Å². The Bertz CT molecular complexity index is 241. The summed E-state index contributed by atoms with van der Waals surface area (Å²) in [5, 5.41) is 0. The third-order valence-corrected chi connectivity index (χ3v) is 4.11. The number of hydrogen-bond acceptors (Lipinski definition) is 5. The van der Waals surface area contributed by atoms with Crippen molar-refractivity contribution in [2.75, 3.05) is 7.11 Å². The van der Waals surface area contributed by atoms with E-state index in [4.69, 9.17) is 10.5 Å². The van der Waals surface area contributed by atoms with Gasteiger partial charge in [-0.1, -0.05) is 19.1 Å². The van der Waals surface area contributed by atoms with Crippen LogP contribution < -0.4 is 15.2 Å². The van der Waals surface area contributed by atoms with E-state index in [1.54, 1.807) is 7.11 Å². The average molecular weight is 261 g/mol. The second-order valence-corrected chi connectivity index (χ2v) is 5.34. The largest absolute Gasteiger partial charge is 0.579 e. The quantitative estimate of drug-likeness (QED) is 0.493. The summed E-state index contributed by atoms with van der Waals surface area (Å²) in [6.07, 6.45) is 5.75. The van der Waals surface area contributed by atoms with Crippen LogP contribution in [-0.4, -0.2) is 30.0 Å². The Morgan fingerprint density at radius 3 is 2.76 bits per heavy atom. The molecule has 5 nitrogen and oxygen atoms in total. The lowest BCUT2D eigenvalue weighted by Crippen LogP contribution is -2.63. The molecule has 1 aliphatic rings. The van der Waals surface area contributed by atoms with Gasteiger partial charge in [0.1, 0.15) is 17.7 Å². The molecule has 1 aliphatic heterocycles. The maximum atomic E-state index is 11.3. The maximum Gasteiger partial charge on any atom is 0.136 e. The topological polar surface area (TPSA) is 82.4 Å². The molecule has 0 amide bonds. The molecule has 0 aromatic carbocycles. The second-order valence-electron chi connectivity index (χ2n) is 4.33. The third-order valence-electron chi connectivity index (χ3n) is 3.03. The van der Waals surface area contributed by atoms with Crippen molar-refractivity contribution >= 4 is 11.5 Å². The van der Waals surface area contributed by atoms with Gasteiger partial charge in [0.25, 0.3) is 0 Å². The lowest BCUT2D eigenvalue weighted by atomic mass is 9.92. The van der Waals surface area contributed by atoms with Gasteiger partial charge >= 0.3 is 0 Å². The minimum atomic E-state index is -1.23. The van der Waals surface area contributed by atoms with E-state index in [9.17, 15) is 4.55 Å². The fourth-order valence-corrected chi connectivity index (χ4v) is 2.97. The molecule has 100 valence electrons. The Kier molecular flexibility index (Phi) is 6.47. The summed E-state index contributed by atoms with van der Waals surface area (Å²) in [5.41, 5.74) is 5.97. The molecular formula is C11H23N3O2S. The van der Waals surface area contributed by atoms with Gasteiger partial charge in [0.15, 0.2) is 0 Å². The lowest BCUT2D eigenvalue weighted by Gasteiger charge is -2.36. The summed E-state index contributed by atoms with van der Waals surface area (Å²) >= 11 is -1.23. The molecule has 6 heteroatoms. The molecule has 0 radical (unpaired) electrons. The lowest BCUT2D eigenvalue weighted by molar-refractivity contribution is 0.102. The van der Waals surface area contributed by atoms with Crippen LogP contribution in [0.1, 0.15) is 26.7 Å². The predicted octanol–water partition coefficient (Wildman–Crippen LogP) is 0.419. The Labute approximate surface area is 107 Å². The van der Waals surface area contributed by atoms with Gasteiger partial charge < -0.3 is 15.0 Å². The molecule has 0 aromatic heterocycles. The Morgan fingerprint density at radius 2 is 2.24 bits per heavy atom. The summed E-state index contributed by atoms with van der Waals surface area (Å²) in [6.45, 7) is 4.09. The van der Waals surface area contributed by atoms with Crippen LogP contribution in [-0.2, 0) is 16.3 Å². The second kappa shape index (κ2) is 7.35. The van der Waals surface area contributed by atoms with Crippen LogP contribution in [0.25, 0.3) is 0 Å². The average Bonchev–Trinajstić information content (AvgIpc) is 2.27. The number of nitrogens with two attached hydrogens (primary N) is 1. The van der Waals surface area contributed by atoms with Gasteiger partial charge in [0.2, 0.25) is 0 Å². The van der Waals surface area contributed by atoms with Gasteiger partial charge in [-0.3, -0.25) is 0 Å². The molecule has 17 heavy (non-hydrogen) atoms. The van der Waals surface area contributed by atoms with Crippen molar-refractivity contribution in [1.82, 2.24) is 9.44 Å². The molecule has 0 aromatic rings. The first-order chi connectivity index (χ1) is 8.08. The first-order valence-corrected chi connectivity index (χ1v) is 7.12. The normalized spacial score (nSPS) is 36.3. The van der Waals surface area contributed by atoms with Gasteiger partial charge in [0.05, 0.1) is 12.1 Å². The van der Waals surface area contributed by atoms with Crippen LogP contribution in [0, 0.1) is 5.92 Å². The van der Waals surface area contributed by atoms with E-state index < -0.39 is 11.5 Å². The molecule has 0 saturated carbocycles. The van der Waals surface area contributed by atoms with E-state index in [2.05, 4.69) is 28.5 Å². The molecule has 1 fully saturated rings. The predicted molar refractivity (Wildman–Crippen MR) is 70.2 cm³/mol. The monoisotopic (exact) mass is 261 g/mol. The molecule has 0 aliphatic carbocycles. The number of allylic oxidation sites excluding steroid dienone is 1. The van der Waals surface area contributed by atoms with Gasteiger partial charge in [-0.05, 0) is 19.8 Å². The fraction of sp³-hybridized carbons (Fsp3) is 0.818. The van der Waals surface area contributed by atoms with E-state index in [1.165, 1.54) is 0 Å². The van der Waals surface area contributed by atoms with E-state index in [0.29, 0.717) is 0 Å². The van der Waals surface area contributed by atoms with Crippen LogP contribution >= 0.6 is 0 Å². The smallest absolute Gasteiger partial charge is 0.136 e. The van der Waals surface area contributed by atoms with E-state index in [1.807, 2.05) is 6.92 Å². The van der Waals surface area contributed by atoms with Crippen molar-refractivity contribution in [2.45, 2.75) is 45.0 Å². The summed E-state index contributed by atoms with van der Waals surface area (Å²) in [6, 6.07) is 0.111. The number of methoxy groups -OCH3 is 1. The van der Waals surface area contributed by atoms with Crippen molar-refractivity contribution in [3.63, 3.8) is 0 Å². The van der Waals surface area contributed by atoms with E-state index >= 15 is 0 Å². The first kappa shape index (κ1) is 14.9. The molecule has 1 saturated heterocycles. The molecule has 1 heterocycles. The van der Waals surface area contributed by atoms with Crippen molar-refractivity contribution in [3.05, 3.63) is 12.2 Å². The van der Waals surface area contributed by atoms with Crippen molar-refractivity contribution in [2.24, 2.45) is 11.7 Å². The molecule has 5 atom stereocenters. The number of ether oxygens (including phenoxy) is 1. The fourth-order valence-electron chi connectivity index (χ4n) is 1.97. The Morgan fingerprint density at radius 1 is 1.53 bits per heavy atom. The zero-order valence-electron chi connectivity index (χ0n) is 10.7. The van der Waals surface area contributed by atoms with Crippen LogP contribution in [0.2, 0.25) is 0 Å². The minimum Gasteiger partial charge on any atom is -0.579 e. The van der Waals surface area contributed by atoms with Gasteiger partial charge in [0, 0.05) is 13.0 Å². The van der Waals surface area contributed by atoms with Crippen LogP contribution in [0.15, 0.2) is 12.2 Å². The highest BCUT2D eigenvalue weighted by Gasteiger charge is 2.36. The summed E-state index contributed by atoms with van der Waals surface area (Å²) in [5.74, 6) is 0.194. The molecule has 0 spiro atoms. The number of nitrogens with one attached hydrogen (secondary N) is 2. The SMILES string of the molecule is CC/C=C\C(CC1C(C)N[S+]([O-])NC1N)OC. The zero-order chi connectivity index (χ0) is 12.8. The number of rotatable bonds is 5. The van der Waals surface area contributed by atoms with Crippen LogP contribution in [0.4, 0.5) is 0 Å². The van der Waals surface area contributed by atoms with Gasteiger partial charge in [-0.2, -0.15) is 0 Å². The van der Waals surface area contributed by atoms with Crippen molar-refractivity contribution in [3.8, 4) is 0 Å². The van der Waals surface area contributed by atoms with Crippen LogP contribution in [0.5, 0.6) is 0 Å². The van der Waals surface area contributed by atoms with E-state index in [0.717, 1.165) is 12.8 Å². The van der Waals surface area contributed by atoms with Crippen LogP contribution in [0.3, 0.4) is 0 Å². The van der Waals surface area contributed by atoms with Gasteiger partial charge in [-0.15, -0.1) is 9.44 Å². The molecule has 4 N–H and O–H groups in total. The molecule has 5 unspecified atom stereocenters. The maximum absolute atomic E-state index is 11.3. The standard InChI is InChI=1S/C11H23N3O2S/c1-4-5-6-9(16-3)7-10-8(2)13-17(15)14-11(10)12/h5-6,8-11,13-14H,4,7,12H2,1-3H3/b6-5-. The first-order valence-electron chi connectivity index (χ1n) is 5.97. The minimum absolute atomic E-state index is 0.0589. The highest BCUT2D eigenvalue weighted by Crippen LogP contribution is 2.20. The summed E-state index contributed by atoms with van der Waals surface area (Å²) in [7, 11) is 1.70. The number of hydrogen-bond donors (Lipinski definition) is 3. The zero-order valence-corrected chi connectivity index (χ0v) is 11.5. The summed E-state index contributed by atoms with van der Waals surface area (Å²) in [4.78, 5) is 0. The molecule has 0 bridgehead atoms. The summed E-state index contributed by atoms with van der Waals surface area (Å²) < 4.78 is 22.5. The highest BCUT2D eigenvalue weighted by atomic mass is 32.2. The Balaban J connectivity index is 2.55.